The molecule has 0 heterocycles. The largest absolute Gasteiger partial charge is 0.508 e. The van der Waals surface area contributed by atoms with Crippen molar-refractivity contribution in [2.45, 2.75) is 78.1 Å². The van der Waals surface area contributed by atoms with E-state index in [0.717, 1.165) is 31.2 Å². The van der Waals surface area contributed by atoms with E-state index in [2.05, 4.69) is 53.7 Å². The highest BCUT2D eigenvalue weighted by molar-refractivity contribution is 5.43. The third-order valence-corrected chi connectivity index (χ3v) is 5.47. The molecule has 0 saturated carbocycles. The van der Waals surface area contributed by atoms with Crippen molar-refractivity contribution < 1.29 is 5.11 Å². The molecule has 0 amide bonds. The topological polar surface area (TPSA) is 20.2 Å². The second-order valence-corrected chi connectivity index (χ2v) is 6.27. The van der Waals surface area contributed by atoms with Crippen LogP contribution < -0.4 is 0 Å². The monoisotopic (exact) mass is 262 g/mol. The van der Waals surface area contributed by atoms with Crippen molar-refractivity contribution in [3.8, 4) is 5.75 Å². The molecular formula is C18H30O. The van der Waals surface area contributed by atoms with Gasteiger partial charge in [0, 0.05) is 5.56 Å². The molecule has 0 unspecified atom stereocenters. The van der Waals surface area contributed by atoms with Crippen molar-refractivity contribution in [2.24, 2.45) is 0 Å². The van der Waals surface area contributed by atoms with Gasteiger partial charge in [-0.05, 0) is 48.1 Å². The van der Waals surface area contributed by atoms with Crippen LogP contribution in [0.1, 0.15) is 78.4 Å². The predicted molar refractivity (Wildman–Crippen MR) is 84.0 cm³/mol. The molecule has 108 valence electrons. The maximum atomic E-state index is 10.2. The fourth-order valence-electron chi connectivity index (χ4n) is 2.68. The van der Waals surface area contributed by atoms with E-state index in [4.69, 9.17) is 0 Å². The van der Waals surface area contributed by atoms with Crippen molar-refractivity contribution in [1.29, 1.82) is 0 Å². The fourth-order valence-corrected chi connectivity index (χ4v) is 2.68. The van der Waals surface area contributed by atoms with Crippen LogP contribution in [0.3, 0.4) is 0 Å². The van der Waals surface area contributed by atoms with E-state index in [1.807, 2.05) is 6.07 Å². The van der Waals surface area contributed by atoms with Gasteiger partial charge in [0.1, 0.15) is 5.75 Å². The minimum absolute atomic E-state index is 0.0719. The third kappa shape index (κ3) is 2.96. The summed E-state index contributed by atoms with van der Waals surface area (Å²) < 4.78 is 0. The highest BCUT2D eigenvalue weighted by atomic mass is 16.3. The normalized spacial score (nSPS) is 12.7. The van der Waals surface area contributed by atoms with Crippen LogP contribution in [0.2, 0.25) is 0 Å². The first-order valence-electron chi connectivity index (χ1n) is 7.70. The molecular weight excluding hydrogens is 232 g/mol. The first kappa shape index (κ1) is 16.1. The van der Waals surface area contributed by atoms with Crippen LogP contribution in [0.15, 0.2) is 18.2 Å². The van der Waals surface area contributed by atoms with Crippen molar-refractivity contribution in [3.05, 3.63) is 29.3 Å². The van der Waals surface area contributed by atoms with Gasteiger partial charge in [-0.15, -0.1) is 0 Å². The lowest BCUT2D eigenvalue weighted by Gasteiger charge is -2.32. The van der Waals surface area contributed by atoms with Gasteiger partial charge in [0.25, 0.3) is 0 Å². The van der Waals surface area contributed by atoms with Gasteiger partial charge in [-0.25, -0.2) is 0 Å². The average Bonchev–Trinajstić information content (AvgIpc) is 2.46. The summed E-state index contributed by atoms with van der Waals surface area (Å²) in [6.07, 6.45) is 4.36. The number of phenolic OH excluding ortho intramolecular Hbond substituents is 1. The first-order chi connectivity index (χ1) is 8.86. The number of phenols is 1. The van der Waals surface area contributed by atoms with Crippen molar-refractivity contribution in [2.75, 3.05) is 0 Å². The summed E-state index contributed by atoms with van der Waals surface area (Å²) in [6, 6.07) is 6.23. The number of hydrogen-bond acceptors (Lipinski definition) is 1. The SMILES string of the molecule is CCC(C)(CC)c1ccc(O)c(C(C)(CC)CC)c1. The predicted octanol–water partition coefficient (Wildman–Crippen LogP) is 5.55. The lowest BCUT2D eigenvalue weighted by atomic mass is 9.72. The molecule has 1 aromatic rings. The third-order valence-electron chi connectivity index (χ3n) is 5.47. The van der Waals surface area contributed by atoms with E-state index in [-0.39, 0.29) is 10.8 Å². The molecule has 19 heavy (non-hydrogen) atoms. The zero-order valence-electron chi connectivity index (χ0n) is 13.5. The minimum atomic E-state index is 0.0719. The lowest BCUT2D eigenvalue weighted by molar-refractivity contribution is 0.392. The van der Waals surface area contributed by atoms with Gasteiger partial charge in [0.2, 0.25) is 0 Å². The van der Waals surface area contributed by atoms with Gasteiger partial charge < -0.3 is 5.11 Å². The van der Waals surface area contributed by atoms with Crippen LogP contribution >= 0.6 is 0 Å². The highest BCUT2D eigenvalue weighted by Gasteiger charge is 2.29. The summed E-state index contributed by atoms with van der Waals surface area (Å²) in [7, 11) is 0. The van der Waals surface area contributed by atoms with Crippen LogP contribution in [0.5, 0.6) is 5.75 Å². The summed E-state index contributed by atoms with van der Waals surface area (Å²) in [5.74, 6) is 0.449. The quantitative estimate of drug-likeness (QED) is 0.713. The molecule has 1 nitrogen and oxygen atoms in total. The Bertz CT molecular complexity index is 412. The number of benzene rings is 1. The Morgan fingerprint density at radius 2 is 1.32 bits per heavy atom. The molecule has 0 fully saturated rings. The molecule has 0 aliphatic heterocycles. The molecule has 0 bridgehead atoms. The maximum Gasteiger partial charge on any atom is 0.119 e. The molecule has 0 aliphatic carbocycles. The second kappa shape index (κ2) is 5.98. The average molecular weight is 262 g/mol. The first-order valence-corrected chi connectivity index (χ1v) is 7.70. The Labute approximate surface area is 119 Å². The number of hydrogen-bond donors (Lipinski definition) is 1. The summed E-state index contributed by atoms with van der Waals surface area (Å²) in [4.78, 5) is 0. The van der Waals surface area contributed by atoms with Crippen molar-refractivity contribution in [1.82, 2.24) is 0 Å². The summed E-state index contributed by atoms with van der Waals surface area (Å²) in [6.45, 7) is 13.5. The van der Waals surface area contributed by atoms with E-state index in [1.165, 1.54) is 5.56 Å². The van der Waals surface area contributed by atoms with Gasteiger partial charge >= 0.3 is 0 Å². The summed E-state index contributed by atoms with van der Waals surface area (Å²) >= 11 is 0. The lowest BCUT2D eigenvalue weighted by Crippen LogP contribution is -2.23. The van der Waals surface area contributed by atoms with Gasteiger partial charge in [-0.2, -0.15) is 0 Å². The Hall–Kier alpha value is -0.980. The molecule has 0 radical (unpaired) electrons. The van der Waals surface area contributed by atoms with E-state index < -0.39 is 0 Å². The van der Waals surface area contributed by atoms with Crippen LogP contribution in [0, 0.1) is 0 Å². The van der Waals surface area contributed by atoms with Crippen molar-refractivity contribution in [3.63, 3.8) is 0 Å². The molecule has 0 atom stereocenters. The van der Waals surface area contributed by atoms with Crippen LogP contribution in [0.4, 0.5) is 0 Å². The Morgan fingerprint density at radius 1 is 0.842 bits per heavy atom. The van der Waals surface area contributed by atoms with Crippen molar-refractivity contribution >= 4 is 0 Å². The summed E-state index contributed by atoms with van der Waals surface area (Å²) in [5.41, 5.74) is 2.76. The van der Waals surface area contributed by atoms with Crippen LogP contribution in [0.25, 0.3) is 0 Å². The number of rotatable bonds is 6. The van der Waals surface area contributed by atoms with E-state index in [9.17, 15) is 5.11 Å². The summed E-state index contributed by atoms with van der Waals surface area (Å²) in [5, 5.41) is 10.2. The molecule has 0 saturated heterocycles. The molecule has 1 N–H and O–H groups in total. The Balaban J connectivity index is 3.36. The number of aromatic hydroxyl groups is 1. The molecule has 1 heteroatoms. The molecule has 0 spiro atoms. The van der Waals surface area contributed by atoms with Crippen LogP contribution in [-0.4, -0.2) is 5.11 Å². The molecule has 0 aromatic heterocycles. The molecule has 0 aliphatic rings. The van der Waals surface area contributed by atoms with E-state index in [1.54, 1.807) is 0 Å². The van der Waals surface area contributed by atoms with Crippen LogP contribution in [-0.2, 0) is 10.8 Å². The second-order valence-electron chi connectivity index (χ2n) is 6.27. The van der Waals surface area contributed by atoms with Gasteiger partial charge in [-0.1, -0.05) is 53.7 Å². The zero-order valence-corrected chi connectivity index (χ0v) is 13.5. The Kier molecular flexibility index (Phi) is 5.06. The highest BCUT2D eigenvalue weighted by Crippen LogP contribution is 2.40. The van der Waals surface area contributed by atoms with Gasteiger partial charge in [0.15, 0.2) is 0 Å². The van der Waals surface area contributed by atoms with Gasteiger partial charge in [0.05, 0.1) is 0 Å². The molecule has 1 aromatic carbocycles. The fraction of sp³-hybridized carbons (Fsp3) is 0.667. The maximum absolute atomic E-state index is 10.2. The standard InChI is InChI=1S/C18H30O/c1-7-17(5,8-2)14-11-12-16(19)15(13-14)18(6,9-3)10-4/h11-13,19H,7-10H2,1-6H3. The van der Waals surface area contributed by atoms with E-state index >= 15 is 0 Å². The minimum Gasteiger partial charge on any atom is -0.508 e. The smallest absolute Gasteiger partial charge is 0.119 e. The Morgan fingerprint density at radius 3 is 1.74 bits per heavy atom. The van der Waals surface area contributed by atoms with E-state index in [0.29, 0.717) is 5.75 Å². The zero-order chi connectivity index (χ0) is 14.7. The van der Waals surface area contributed by atoms with Gasteiger partial charge in [-0.3, -0.25) is 0 Å². The molecule has 1 rings (SSSR count).